The number of rotatable bonds is 3. The molecule has 0 radical (unpaired) electrons. The number of hydrogen-bond acceptors (Lipinski definition) is 4. The molecule has 2 rings (SSSR count). The average molecular weight is 264 g/mol. The molecule has 1 amide bonds. The Morgan fingerprint density at radius 1 is 1.67 bits per heavy atom. The van der Waals surface area contributed by atoms with E-state index < -0.39 is 0 Å². The first-order valence-electron chi connectivity index (χ1n) is 5.85. The van der Waals surface area contributed by atoms with Crippen molar-refractivity contribution in [3.8, 4) is 0 Å². The molecule has 0 saturated carbocycles. The summed E-state index contributed by atoms with van der Waals surface area (Å²) in [6.45, 7) is 3.12. The van der Waals surface area contributed by atoms with Gasteiger partial charge in [-0.15, -0.1) is 0 Å². The van der Waals surface area contributed by atoms with Gasteiger partial charge in [-0.25, -0.2) is 4.98 Å². The zero-order chi connectivity index (χ0) is 13.1. The van der Waals surface area contributed by atoms with Crippen molar-refractivity contribution in [1.82, 2.24) is 10.3 Å². The van der Waals surface area contributed by atoms with Crippen LogP contribution in [0.4, 0.5) is 5.82 Å². The summed E-state index contributed by atoms with van der Waals surface area (Å²) in [5.41, 5.74) is 6.48. The normalized spacial score (nSPS) is 18.7. The molecule has 0 aromatic carbocycles. The highest BCUT2D eigenvalue weighted by Gasteiger charge is 2.25. The molecule has 1 atom stereocenters. The lowest BCUT2D eigenvalue weighted by molar-refractivity contribution is -0.119. The number of nitrogens with one attached hydrogen (secondary N) is 1. The summed E-state index contributed by atoms with van der Waals surface area (Å²) in [6.07, 6.45) is 2.63. The van der Waals surface area contributed by atoms with Gasteiger partial charge in [-0.3, -0.25) is 4.79 Å². The second-order valence-electron chi connectivity index (χ2n) is 4.37. The van der Waals surface area contributed by atoms with Gasteiger partial charge in [0.25, 0.3) is 0 Å². The number of anilines is 1. The molecule has 1 fully saturated rings. The Balaban J connectivity index is 2.14. The van der Waals surface area contributed by atoms with Crippen molar-refractivity contribution in [2.45, 2.75) is 19.4 Å². The zero-order valence-corrected chi connectivity index (χ0v) is 11.0. The largest absolute Gasteiger partial charge is 0.389 e. The molecule has 1 aromatic heterocycles. The van der Waals surface area contributed by atoms with Gasteiger partial charge in [-0.2, -0.15) is 0 Å². The molecule has 3 N–H and O–H groups in total. The van der Waals surface area contributed by atoms with E-state index in [1.807, 2.05) is 12.1 Å². The number of thiocarbonyl (C=S) groups is 1. The van der Waals surface area contributed by atoms with E-state index in [4.69, 9.17) is 18.0 Å². The lowest BCUT2D eigenvalue weighted by Crippen LogP contribution is -2.36. The minimum absolute atomic E-state index is 0.00237. The van der Waals surface area contributed by atoms with Crippen LogP contribution < -0.4 is 16.0 Å². The van der Waals surface area contributed by atoms with Crippen LogP contribution in [0.5, 0.6) is 0 Å². The highest BCUT2D eigenvalue weighted by Crippen LogP contribution is 2.22. The average Bonchev–Trinajstić information content (AvgIpc) is 2.76. The van der Waals surface area contributed by atoms with Crippen molar-refractivity contribution in [3.05, 3.63) is 23.9 Å². The fourth-order valence-electron chi connectivity index (χ4n) is 2.20. The van der Waals surface area contributed by atoms with E-state index in [1.165, 1.54) is 6.92 Å². The second-order valence-corrected chi connectivity index (χ2v) is 4.81. The van der Waals surface area contributed by atoms with E-state index >= 15 is 0 Å². The summed E-state index contributed by atoms with van der Waals surface area (Å²) in [5.74, 6) is 0.801. The van der Waals surface area contributed by atoms with Crippen LogP contribution in [0, 0.1) is 0 Å². The third kappa shape index (κ3) is 2.76. The maximum absolute atomic E-state index is 11.0. The Kier molecular flexibility index (Phi) is 3.76. The fourth-order valence-corrected chi connectivity index (χ4v) is 2.36. The summed E-state index contributed by atoms with van der Waals surface area (Å²) >= 11 is 5.03. The Bertz CT molecular complexity index is 477. The summed E-state index contributed by atoms with van der Waals surface area (Å²) < 4.78 is 0. The van der Waals surface area contributed by atoms with Gasteiger partial charge >= 0.3 is 0 Å². The lowest BCUT2D eigenvalue weighted by atomic mass is 10.2. The Labute approximate surface area is 111 Å². The molecule has 96 valence electrons. The van der Waals surface area contributed by atoms with Crippen LogP contribution in [0.3, 0.4) is 0 Å². The minimum atomic E-state index is -0.00237. The molecule has 1 unspecified atom stereocenters. The third-order valence-electron chi connectivity index (χ3n) is 2.95. The van der Waals surface area contributed by atoms with Crippen LogP contribution in [0.2, 0.25) is 0 Å². The van der Waals surface area contributed by atoms with Gasteiger partial charge in [0.15, 0.2) is 0 Å². The van der Waals surface area contributed by atoms with Crippen molar-refractivity contribution in [1.29, 1.82) is 0 Å². The highest BCUT2D eigenvalue weighted by atomic mass is 32.1. The van der Waals surface area contributed by atoms with Crippen LogP contribution in [0.1, 0.15) is 18.9 Å². The number of aromatic nitrogens is 1. The Morgan fingerprint density at radius 2 is 2.44 bits per heavy atom. The molecule has 0 bridgehead atoms. The highest BCUT2D eigenvalue weighted by molar-refractivity contribution is 7.80. The molecular weight excluding hydrogens is 248 g/mol. The molecular formula is C12H16N4OS. The molecule has 1 aromatic rings. The van der Waals surface area contributed by atoms with Crippen molar-refractivity contribution in [2.75, 3.05) is 18.0 Å². The van der Waals surface area contributed by atoms with Crippen molar-refractivity contribution < 1.29 is 4.79 Å². The first kappa shape index (κ1) is 12.8. The van der Waals surface area contributed by atoms with Gasteiger partial charge in [-0.05, 0) is 18.6 Å². The zero-order valence-electron chi connectivity index (χ0n) is 10.2. The maximum atomic E-state index is 11.0. The predicted octanol–water partition coefficient (Wildman–Crippen LogP) is 0.431. The van der Waals surface area contributed by atoms with Crippen LogP contribution in [-0.4, -0.2) is 35.0 Å². The summed E-state index contributed by atoms with van der Waals surface area (Å²) in [7, 11) is 0. The molecule has 1 saturated heterocycles. The molecule has 0 spiro atoms. The van der Waals surface area contributed by atoms with E-state index in [-0.39, 0.29) is 11.9 Å². The minimum Gasteiger partial charge on any atom is -0.389 e. The van der Waals surface area contributed by atoms with Gasteiger partial charge in [0.05, 0.1) is 5.56 Å². The van der Waals surface area contributed by atoms with E-state index in [0.29, 0.717) is 4.99 Å². The van der Waals surface area contributed by atoms with Crippen LogP contribution in [-0.2, 0) is 4.79 Å². The number of amides is 1. The number of carbonyl (C=O) groups is 1. The second kappa shape index (κ2) is 5.30. The van der Waals surface area contributed by atoms with Crippen LogP contribution in [0.25, 0.3) is 0 Å². The van der Waals surface area contributed by atoms with Gasteiger partial charge in [0.2, 0.25) is 5.91 Å². The fraction of sp³-hybridized carbons (Fsp3) is 0.417. The van der Waals surface area contributed by atoms with Gasteiger partial charge < -0.3 is 16.0 Å². The molecule has 2 heterocycles. The topological polar surface area (TPSA) is 71.2 Å². The van der Waals surface area contributed by atoms with E-state index in [2.05, 4.69) is 15.2 Å². The number of hydrogen-bond donors (Lipinski definition) is 2. The lowest BCUT2D eigenvalue weighted by Gasteiger charge is -2.20. The summed E-state index contributed by atoms with van der Waals surface area (Å²) in [6, 6.07) is 3.86. The van der Waals surface area contributed by atoms with E-state index in [1.54, 1.807) is 6.20 Å². The van der Waals surface area contributed by atoms with Crippen molar-refractivity contribution >= 4 is 28.9 Å². The Hall–Kier alpha value is -1.69. The number of pyridine rings is 1. The monoisotopic (exact) mass is 264 g/mol. The third-order valence-corrected chi connectivity index (χ3v) is 3.17. The SMILES string of the molecule is CC(=O)NC1CCN(c2ncccc2C(N)=S)C1. The van der Waals surface area contributed by atoms with Crippen LogP contribution >= 0.6 is 12.2 Å². The van der Waals surface area contributed by atoms with Gasteiger partial charge in [0.1, 0.15) is 10.8 Å². The Morgan fingerprint density at radius 3 is 3.11 bits per heavy atom. The molecule has 1 aliphatic heterocycles. The van der Waals surface area contributed by atoms with Crippen molar-refractivity contribution in [2.24, 2.45) is 5.73 Å². The molecule has 1 aliphatic rings. The molecule has 0 aliphatic carbocycles. The first-order chi connectivity index (χ1) is 8.58. The number of nitrogens with two attached hydrogens (primary N) is 1. The molecule has 18 heavy (non-hydrogen) atoms. The van der Waals surface area contributed by atoms with Gasteiger partial charge in [-0.1, -0.05) is 12.2 Å². The summed E-state index contributed by atoms with van der Waals surface area (Å²) in [5, 5.41) is 2.92. The first-order valence-corrected chi connectivity index (χ1v) is 6.25. The number of nitrogens with zero attached hydrogens (tertiary/aromatic N) is 2. The smallest absolute Gasteiger partial charge is 0.217 e. The number of carbonyl (C=O) groups excluding carboxylic acids is 1. The van der Waals surface area contributed by atoms with Crippen LogP contribution in [0.15, 0.2) is 18.3 Å². The molecule has 5 nitrogen and oxygen atoms in total. The molecule has 6 heteroatoms. The maximum Gasteiger partial charge on any atom is 0.217 e. The predicted molar refractivity (Wildman–Crippen MR) is 74.6 cm³/mol. The standard InChI is InChI=1S/C12H16N4OS/c1-8(17)15-9-4-6-16(7-9)12-10(11(13)18)3-2-5-14-12/h2-3,5,9H,4,6-7H2,1H3,(H2,13,18)(H,15,17). The van der Waals surface area contributed by atoms with E-state index in [0.717, 1.165) is 30.9 Å². The summed E-state index contributed by atoms with van der Waals surface area (Å²) in [4.78, 5) is 17.8. The van der Waals surface area contributed by atoms with Crippen molar-refractivity contribution in [3.63, 3.8) is 0 Å². The quantitative estimate of drug-likeness (QED) is 0.775. The van der Waals surface area contributed by atoms with E-state index in [9.17, 15) is 4.79 Å². The van der Waals surface area contributed by atoms with Gasteiger partial charge in [0, 0.05) is 32.3 Å².